The fourth-order valence-electron chi connectivity index (χ4n) is 2.63. The number of rotatable bonds is 4. The van der Waals surface area contributed by atoms with E-state index in [1.54, 1.807) is 36.1 Å². The van der Waals surface area contributed by atoms with Crippen molar-refractivity contribution >= 4 is 23.0 Å². The maximum Gasteiger partial charge on any atom is 0.279 e. The Kier molecular flexibility index (Phi) is 4.24. The van der Waals surface area contributed by atoms with Gasteiger partial charge < -0.3 is 10.0 Å². The van der Waals surface area contributed by atoms with Gasteiger partial charge in [0.1, 0.15) is 5.75 Å². The summed E-state index contributed by atoms with van der Waals surface area (Å²) < 4.78 is 0. The van der Waals surface area contributed by atoms with Crippen LogP contribution in [-0.4, -0.2) is 29.0 Å². The van der Waals surface area contributed by atoms with Gasteiger partial charge in [0.25, 0.3) is 5.91 Å². The van der Waals surface area contributed by atoms with Crippen molar-refractivity contribution in [3.8, 4) is 5.75 Å². The van der Waals surface area contributed by atoms with Gasteiger partial charge in [-0.15, -0.1) is 11.7 Å². The Bertz CT molecular complexity index is 868. The van der Waals surface area contributed by atoms with Crippen molar-refractivity contribution in [2.45, 2.75) is 6.92 Å². The van der Waals surface area contributed by atoms with Crippen molar-refractivity contribution in [1.29, 1.82) is 0 Å². The molecule has 0 bridgehead atoms. The Morgan fingerprint density at radius 3 is 2.67 bits per heavy atom. The maximum absolute atomic E-state index is 12.6. The lowest BCUT2D eigenvalue weighted by molar-refractivity contribution is -0.112. The van der Waals surface area contributed by atoms with Crippen molar-refractivity contribution in [3.05, 3.63) is 72.3 Å². The highest BCUT2D eigenvalue weighted by Gasteiger charge is 2.33. The minimum atomic E-state index is -0.204. The first-order valence-corrected chi connectivity index (χ1v) is 7.56. The molecular weight excluding hydrogens is 302 g/mol. The van der Waals surface area contributed by atoms with Crippen molar-refractivity contribution < 1.29 is 9.90 Å². The van der Waals surface area contributed by atoms with E-state index in [4.69, 9.17) is 0 Å². The van der Waals surface area contributed by atoms with E-state index in [-0.39, 0.29) is 11.7 Å². The summed E-state index contributed by atoms with van der Waals surface area (Å²) in [6, 6.07) is 14.3. The number of nitrogens with zero attached hydrogens (tertiary/aromatic N) is 3. The van der Waals surface area contributed by atoms with Crippen LogP contribution in [0.1, 0.15) is 18.1 Å². The molecule has 5 nitrogen and oxygen atoms in total. The number of amides is 1. The van der Waals surface area contributed by atoms with Crippen LogP contribution in [-0.2, 0) is 4.79 Å². The molecule has 1 aliphatic heterocycles. The highest BCUT2D eigenvalue weighted by molar-refractivity contribution is 6.54. The molecule has 0 saturated heterocycles. The van der Waals surface area contributed by atoms with Gasteiger partial charge in [0, 0.05) is 17.7 Å². The van der Waals surface area contributed by atoms with Gasteiger partial charge in [0.15, 0.2) is 5.71 Å². The molecule has 0 radical (unpaired) electrons. The quantitative estimate of drug-likeness (QED) is 0.534. The van der Waals surface area contributed by atoms with Gasteiger partial charge in [0.05, 0.1) is 11.4 Å². The average Bonchev–Trinajstić information content (AvgIpc) is 2.86. The van der Waals surface area contributed by atoms with Crippen LogP contribution in [0.5, 0.6) is 5.75 Å². The van der Waals surface area contributed by atoms with Crippen molar-refractivity contribution in [3.63, 3.8) is 0 Å². The van der Waals surface area contributed by atoms with Gasteiger partial charge in [-0.05, 0) is 25.1 Å². The largest absolute Gasteiger partial charge is 0.507 e. The number of benzene rings is 2. The number of phenols is 1. The van der Waals surface area contributed by atoms with E-state index in [0.717, 1.165) is 11.3 Å². The summed E-state index contributed by atoms with van der Waals surface area (Å²) in [6.45, 7) is 5.85. The zero-order valence-electron chi connectivity index (χ0n) is 13.3. The van der Waals surface area contributed by atoms with E-state index >= 15 is 0 Å². The molecule has 0 aliphatic carbocycles. The number of phenolic OH excluding ortho intramolecular Hbond substituents is 1. The first-order chi connectivity index (χ1) is 11.6. The molecule has 1 heterocycles. The lowest BCUT2D eigenvalue weighted by Gasteiger charge is -2.13. The Morgan fingerprint density at radius 2 is 1.92 bits per heavy atom. The van der Waals surface area contributed by atoms with Crippen LogP contribution in [0, 0.1) is 0 Å². The molecule has 0 spiro atoms. The molecular formula is C19H17N3O2. The van der Waals surface area contributed by atoms with E-state index in [1.807, 2.05) is 30.3 Å². The number of para-hydroxylation sites is 2. The van der Waals surface area contributed by atoms with Crippen molar-refractivity contribution in [2.24, 2.45) is 10.2 Å². The number of aromatic hydroxyl groups is 1. The summed E-state index contributed by atoms with van der Waals surface area (Å²) in [4.78, 5) is 14.2. The molecule has 1 amide bonds. The van der Waals surface area contributed by atoms with Crippen LogP contribution in [0.2, 0.25) is 0 Å². The lowest BCUT2D eigenvalue weighted by atomic mass is 10.1. The van der Waals surface area contributed by atoms with Gasteiger partial charge >= 0.3 is 0 Å². The molecule has 2 aromatic rings. The second-order valence-electron chi connectivity index (χ2n) is 5.37. The van der Waals surface area contributed by atoms with E-state index in [9.17, 15) is 9.90 Å². The van der Waals surface area contributed by atoms with Gasteiger partial charge in [-0.2, -0.15) is 5.10 Å². The summed E-state index contributed by atoms with van der Waals surface area (Å²) in [7, 11) is 0. The topological polar surface area (TPSA) is 65.3 Å². The second kappa shape index (κ2) is 6.50. The molecule has 1 N–H and O–H groups in total. The van der Waals surface area contributed by atoms with Gasteiger partial charge in [-0.1, -0.05) is 36.4 Å². The van der Waals surface area contributed by atoms with E-state index in [1.165, 1.54) is 0 Å². The standard InChI is InChI=1S/C19H17N3O2/c1-3-12-22-16-10-6-4-9-15(16)18(19(22)24)21-20-13(2)14-8-5-7-11-17(14)23/h3-11,23H,1,12H2,2H3/b20-13+,21-18-. The first-order valence-electron chi connectivity index (χ1n) is 7.56. The number of hydrogen-bond acceptors (Lipinski definition) is 4. The van der Waals surface area contributed by atoms with Crippen molar-refractivity contribution in [2.75, 3.05) is 11.4 Å². The SMILES string of the molecule is C=CCN1C(=O)/C(=N\N=C(/C)c2ccccc2O)c2ccccc21. The van der Waals surface area contributed by atoms with Crippen LogP contribution in [0.15, 0.2) is 71.4 Å². The van der Waals surface area contributed by atoms with E-state index in [0.29, 0.717) is 23.5 Å². The normalized spacial score (nSPS) is 15.7. The molecule has 24 heavy (non-hydrogen) atoms. The molecule has 0 fully saturated rings. The Hall–Kier alpha value is -3.21. The predicted octanol–water partition coefficient (Wildman–Crippen LogP) is 3.14. The molecule has 0 unspecified atom stereocenters. The lowest BCUT2D eigenvalue weighted by Crippen LogP contribution is -2.30. The zero-order valence-corrected chi connectivity index (χ0v) is 13.3. The Labute approximate surface area is 140 Å². The molecule has 0 aromatic heterocycles. The van der Waals surface area contributed by atoms with E-state index in [2.05, 4.69) is 16.8 Å². The van der Waals surface area contributed by atoms with Gasteiger partial charge in [-0.3, -0.25) is 4.79 Å². The minimum absolute atomic E-state index is 0.130. The van der Waals surface area contributed by atoms with Crippen LogP contribution < -0.4 is 4.90 Å². The summed E-state index contributed by atoms with van der Waals surface area (Å²) in [5.41, 5.74) is 2.97. The van der Waals surface area contributed by atoms with Crippen LogP contribution >= 0.6 is 0 Å². The Morgan fingerprint density at radius 1 is 1.21 bits per heavy atom. The summed E-state index contributed by atoms with van der Waals surface area (Å²) in [5, 5.41) is 18.2. The second-order valence-corrected chi connectivity index (χ2v) is 5.37. The third-order valence-electron chi connectivity index (χ3n) is 3.80. The summed E-state index contributed by atoms with van der Waals surface area (Å²) in [6.07, 6.45) is 1.67. The molecule has 0 atom stereocenters. The summed E-state index contributed by atoms with van der Waals surface area (Å²) in [5.74, 6) is -0.0738. The number of fused-ring (bicyclic) bond motifs is 1. The monoisotopic (exact) mass is 319 g/mol. The number of carbonyl (C=O) groups excluding carboxylic acids is 1. The summed E-state index contributed by atoms with van der Waals surface area (Å²) >= 11 is 0. The fourth-order valence-corrected chi connectivity index (χ4v) is 2.63. The van der Waals surface area contributed by atoms with Crippen molar-refractivity contribution in [1.82, 2.24) is 0 Å². The van der Waals surface area contributed by atoms with Gasteiger partial charge in [0.2, 0.25) is 0 Å². The predicted molar refractivity (Wildman–Crippen MR) is 95.8 cm³/mol. The maximum atomic E-state index is 12.6. The molecule has 2 aromatic carbocycles. The van der Waals surface area contributed by atoms with Gasteiger partial charge in [-0.25, -0.2) is 0 Å². The third-order valence-corrected chi connectivity index (χ3v) is 3.80. The third kappa shape index (κ3) is 2.72. The number of anilines is 1. The first kappa shape index (κ1) is 15.7. The Balaban J connectivity index is 2.01. The van der Waals surface area contributed by atoms with Crippen LogP contribution in [0.3, 0.4) is 0 Å². The average molecular weight is 319 g/mol. The number of hydrogen-bond donors (Lipinski definition) is 1. The number of carbonyl (C=O) groups is 1. The molecule has 1 aliphatic rings. The zero-order chi connectivity index (χ0) is 17.1. The highest BCUT2D eigenvalue weighted by atomic mass is 16.3. The van der Waals surface area contributed by atoms with E-state index < -0.39 is 0 Å². The fraction of sp³-hybridized carbons (Fsp3) is 0.105. The smallest absolute Gasteiger partial charge is 0.279 e. The molecule has 3 rings (SSSR count). The molecule has 0 saturated carbocycles. The highest BCUT2D eigenvalue weighted by Crippen LogP contribution is 2.29. The minimum Gasteiger partial charge on any atom is -0.507 e. The van der Waals surface area contributed by atoms with Crippen LogP contribution in [0.25, 0.3) is 0 Å². The molecule has 5 heteroatoms. The molecule has 120 valence electrons. The van der Waals surface area contributed by atoms with Crippen LogP contribution in [0.4, 0.5) is 5.69 Å².